The first-order chi connectivity index (χ1) is 8.66. The van der Waals surface area contributed by atoms with E-state index in [0.717, 1.165) is 0 Å². The first-order valence-corrected chi connectivity index (χ1v) is 7.34. The third-order valence-electron chi connectivity index (χ3n) is 2.29. The number of carbonyl (C=O) groups excluding carboxylic acids is 1. The molecule has 0 saturated carbocycles. The van der Waals surface area contributed by atoms with Crippen LogP contribution < -0.4 is 10.5 Å². The zero-order valence-electron chi connectivity index (χ0n) is 10.3. The minimum atomic E-state index is -3.93. The number of hydrogen-bond acceptors (Lipinski definition) is 4. The summed E-state index contributed by atoms with van der Waals surface area (Å²) in [5.74, 6) is -0.387. The van der Waals surface area contributed by atoms with E-state index in [1.165, 1.54) is 31.1 Å². The van der Waals surface area contributed by atoms with Crippen molar-refractivity contribution in [2.45, 2.75) is 4.90 Å². The van der Waals surface area contributed by atoms with Gasteiger partial charge < -0.3 is 10.6 Å². The van der Waals surface area contributed by atoms with Crippen LogP contribution in [-0.2, 0) is 14.8 Å². The second kappa shape index (κ2) is 5.96. The van der Waals surface area contributed by atoms with Gasteiger partial charge in [0.05, 0.1) is 22.3 Å². The molecule has 9 heteroatoms. The Labute approximate surface area is 121 Å². The summed E-state index contributed by atoms with van der Waals surface area (Å²) in [7, 11) is -0.891. The second-order valence-electron chi connectivity index (χ2n) is 3.89. The fraction of sp³-hybridized carbons (Fsp3) is 0.300. The van der Waals surface area contributed by atoms with E-state index >= 15 is 0 Å². The number of likely N-dealkylation sites (N-methyl/N-ethyl adjacent to an activating group) is 1. The van der Waals surface area contributed by atoms with Crippen molar-refractivity contribution in [2.75, 3.05) is 26.4 Å². The lowest BCUT2D eigenvalue weighted by molar-refractivity contribution is -0.127. The molecule has 0 aliphatic carbocycles. The maximum Gasteiger partial charge on any atom is 0.242 e. The van der Waals surface area contributed by atoms with Crippen LogP contribution in [0.3, 0.4) is 0 Å². The lowest BCUT2D eigenvalue weighted by atomic mass is 10.3. The number of nitrogens with zero attached hydrogens (tertiary/aromatic N) is 1. The number of nitrogens with two attached hydrogens (primary N) is 1. The van der Waals surface area contributed by atoms with Crippen molar-refractivity contribution in [3.8, 4) is 0 Å². The molecule has 0 aliphatic heterocycles. The van der Waals surface area contributed by atoms with E-state index in [4.69, 9.17) is 28.9 Å². The maximum absolute atomic E-state index is 12.0. The fourth-order valence-electron chi connectivity index (χ4n) is 1.15. The minimum absolute atomic E-state index is 0.0230. The summed E-state index contributed by atoms with van der Waals surface area (Å²) in [6, 6.07) is 2.55. The van der Waals surface area contributed by atoms with Gasteiger partial charge in [-0.1, -0.05) is 23.2 Å². The average Bonchev–Trinajstić information content (AvgIpc) is 2.32. The van der Waals surface area contributed by atoms with Crippen LogP contribution in [0.15, 0.2) is 17.0 Å². The van der Waals surface area contributed by atoms with Crippen LogP contribution in [0.4, 0.5) is 5.69 Å². The van der Waals surface area contributed by atoms with Crippen molar-refractivity contribution in [2.24, 2.45) is 0 Å². The van der Waals surface area contributed by atoms with Crippen LogP contribution in [0.1, 0.15) is 0 Å². The van der Waals surface area contributed by atoms with Gasteiger partial charge in [-0.25, -0.2) is 13.1 Å². The molecule has 3 N–H and O–H groups in total. The van der Waals surface area contributed by atoms with E-state index < -0.39 is 10.0 Å². The molecule has 0 saturated heterocycles. The molecule has 0 heterocycles. The van der Waals surface area contributed by atoms with E-state index in [-0.39, 0.29) is 33.1 Å². The van der Waals surface area contributed by atoms with Crippen LogP contribution in [-0.4, -0.2) is 39.9 Å². The Hall–Kier alpha value is -1.02. The van der Waals surface area contributed by atoms with Gasteiger partial charge in [-0.2, -0.15) is 0 Å². The van der Waals surface area contributed by atoms with Crippen molar-refractivity contribution in [3.05, 3.63) is 22.2 Å². The summed E-state index contributed by atoms with van der Waals surface area (Å²) in [5.41, 5.74) is 5.53. The van der Waals surface area contributed by atoms with Crippen molar-refractivity contribution in [1.29, 1.82) is 0 Å². The number of halogens is 2. The number of nitrogen functional groups attached to an aromatic ring is 1. The molecular formula is C10H13Cl2N3O3S. The molecular weight excluding hydrogens is 313 g/mol. The highest BCUT2D eigenvalue weighted by Gasteiger charge is 2.21. The van der Waals surface area contributed by atoms with Crippen LogP contribution in [0.25, 0.3) is 0 Å². The first kappa shape index (κ1) is 16.0. The van der Waals surface area contributed by atoms with Crippen LogP contribution in [0.5, 0.6) is 0 Å². The average molecular weight is 326 g/mol. The van der Waals surface area contributed by atoms with Gasteiger partial charge in [0.2, 0.25) is 15.9 Å². The molecule has 0 bridgehead atoms. The Morgan fingerprint density at radius 2 is 1.95 bits per heavy atom. The summed E-state index contributed by atoms with van der Waals surface area (Å²) in [5, 5.41) is -0.00869. The zero-order chi connectivity index (χ0) is 14.8. The van der Waals surface area contributed by atoms with E-state index in [1.807, 2.05) is 0 Å². The number of sulfonamides is 1. The lowest BCUT2D eigenvalue weighted by Gasteiger charge is -2.13. The van der Waals surface area contributed by atoms with E-state index in [0.29, 0.717) is 0 Å². The highest BCUT2D eigenvalue weighted by molar-refractivity contribution is 7.89. The minimum Gasteiger partial charge on any atom is -0.396 e. The predicted molar refractivity (Wildman–Crippen MR) is 74.8 cm³/mol. The van der Waals surface area contributed by atoms with Gasteiger partial charge in [-0.15, -0.1) is 0 Å². The van der Waals surface area contributed by atoms with Gasteiger partial charge >= 0.3 is 0 Å². The van der Waals surface area contributed by atoms with Crippen molar-refractivity contribution in [1.82, 2.24) is 9.62 Å². The molecule has 0 fully saturated rings. The largest absolute Gasteiger partial charge is 0.396 e. The molecule has 1 amide bonds. The molecule has 106 valence electrons. The number of nitrogens with one attached hydrogen (secondary N) is 1. The van der Waals surface area contributed by atoms with Gasteiger partial charge in [0.25, 0.3) is 0 Å². The summed E-state index contributed by atoms with van der Waals surface area (Å²) in [6.45, 7) is -0.367. The number of amides is 1. The van der Waals surface area contributed by atoms with Crippen molar-refractivity contribution >= 4 is 44.8 Å². The zero-order valence-corrected chi connectivity index (χ0v) is 12.6. The summed E-state index contributed by atoms with van der Waals surface area (Å²) >= 11 is 11.6. The number of hydrogen-bond donors (Lipinski definition) is 2. The Balaban J connectivity index is 3.02. The SMILES string of the molecule is CN(C)C(=O)CNS(=O)(=O)c1ccc(Cl)c(N)c1Cl. The third-order valence-corrected chi connectivity index (χ3v) is 4.59. The first-order valence-electron chi connectivity index (χ1n) is 5.10. The molecule has 19 heavy (non-hydrogen) atoms. The lowest BCUT2D eigenvalue weighted by Crippen LogP contribution is -2.36. The highest BCUT2D eigenvalue weighted by atomic mass is 35.5. The third kappa shape index (κ3) is 3.73. The molecule has 1 rings (SSSR count). The maximum atomic E-state index is 12.0. The number of rotatable bonds is 4. The number of benzene rings is 1. The summed E-state index contributed by atoms with van der Waals surface area (Å²) in [6.07, 6.45) is 0. The van der Waals surface area contributed by atoms with E-state index in [1.54, 1.807) is 0 Å². The normalized spacial score (nSPS) is 11.4. The molecule has 0 aromatic heterocycles. The predicted octanol–water partition coefficient (Wildman–Crippen LogP) is 0.942. The Kier molecular flexibility index (Phi) is 5.03. The van der Waals surface area contributed by atoms with Crippen LogP contribution >= 0.6 is 23.2 Å². The number of carbonyl (C=O) groups is 1. The standard InChI is InChI=1S/C10H13Cl2N3O3S/c1-15(2)8(16)5-14-19(17,18)7-4-3-6(11)10(13)9(7)12/h3-4,14H,5,13H2,1-2H3. The van der Waals surface area contributed by atoms with Crippen LogP contribution in [0, 0.1) is 0 Å². The molecule has 0 spiro atoms. The van der Waals surface area contributed by atoms with Gasteiger partial charge in [0, 0.05) is 14.1 Å². The van der Waals surface area contributed by atoms with Gasteiger partial charge in [-0.05, 0) is 12.1 Å². The second-order valence-corrected chi connectivity index (χ2v) is 6.41. The molecule has 0 unspecified atom stereocenters. The Morgan fingerprint density at radius 3 is 2.47 bits per heavy atom. The van der Waals surface area contributed by atoms with Crippen molar-refractivity contribution in [3.63, 3.8) is 0 Å². The topological polar surface area (TPSA) is 92.5 Å². The molecule has 0 aliphatic rings. The molecule has 1 aromatic rings. The Bertz CT molecular complexity index is 602. The van der Waals surface area contributed by atoms with Crippen LogP contribution in [0.2, 0.25) is 10.0 Å². The summed E-state index contributed by atoms with van der Waals surface area (Å²) in [4.78, 5) is 12.4. The molecule has 1 aromatic carbocycles. The molecule has 0 radical (unpaired) electrons. The highest BCUT2D eigenvalue weighted by Crippen LogP contribution is 2.32. The Morgan fingerprint density at radius 1 is 1.37 bits per heavy atom. The quantitative estimate of drug-likeness (QED) is 0.806. The summed E-state index contributed by atoms with van der Waals surface area (Å²) < 4.78 is 26.1. The van der Waals surface area contributed by atoms with E-state index in [2.05, 4.69) is 4.72 Å². The van der Waals surface area contributed by atoms with Crippen molar-refractivity contribution < 1.29 is 13.2 Å². The monoisotopic (exact) mass is 325 g/mol. The van der Waals surface area contributed by atoms with Gasteiger partial charge in [0.1, 0.15) is 4.90 Å². The van der Waals surface area contributed by atoms with Gasteiger partial charge in [0.15, 0.2) is 0 Å². The number of anilines is 1. The molecule has 0 atom stereocenters. The van der Waals surface area contributed by atoms with Gasteiger partial charge in [-0.3, -0.25) is 4.79 Å². The smallest absolute Gasteiger partial charge is 0.242 e. The van der Waals surface area contributed by atoms with E-state index in [9.17, 15) is 13.2 Å². The molecule has 6 nitrogen and oxygen atoms in total. The fourth-order valence-corrected chi connectivity index (χ4v) is 2.89.